The molecule has 0 amide bonds. The Morgan fingerprint density at radius 2 is 1.90 bits per heavy atom. The standard InChI is InChI=1S/C24H25ClN4OS/c1-24(2,3)21-20(13-17-12-16-8-4-5-10-19(16)27-22(17)30)31-23(28-21)29-26-14-15-7-6-9-18(25)11-15/h4-12,26H,13-14H2,1-3H3,(H,27,30)(H,28,29). The molecule has 7 heteroatoms. The van der Waals surface area contributed by atoms with Gasteiger partial charge in [-0.2, -0.15) is 0 Å². The van der Waals surface area contributed by atoms with Gasteiger partial charge < -0.3 is 4.98 Å². The average Bonchev–Trinajstić information content (AvgIpc) is 3.12. The molecule has 0 atom stereocenters. The highest BCUT2D eigenvalue weighted by Gasteiger charge is 2.24. The van der Waals surface area contributed by atoms with E-state index in [4.69, 9.17) is 16.6 Å². The summed E-state index contributed by atoms with van der Waals surface area (Å²) in [6, 6.07) is 17.5. The number of aromatic nitrogens is 2. The van der Waals surface area contributed by atoms with Crippen LogP contribution >= 0.6 is 22.9 Å². The number of aromatic amines is 1. The first kappa shape index (κ1) is 21.6. The number of fused-ring (bicyclic) bond motifs is 1. The monoisotopic (exact) mass is 452 g/mol. The molecule has 4 aromatic rings. The number of anilines is 1. The maximum atomic E-state index is 12.7. The molecule has 0 radical (unpaired) electrons. The van der Waals surface area contributed by atoms with Crippen molar-refractivity contribution < 1.29 is 0 Å². The van der Waals surface area contributed by atoms with Crippen molar-refractivity contribution in [3.63, 3.8) is 0 Å². The van der Waals surface area contributed by atoms with Crippen molar-refractivity contribution >= 4 is 39.0 Å². The van der Waals surface area contributed by atoms with E-state index in [1.807, 2.05) is 54.6 Å². The van der Waals surface area contributed by atoms with Crippen LogP contribution in [0.15, 0.2) is 59.4 Å². The van der Waals surface area contributed by atoms with Crippen molar-refractivity contribution in [1.29, 1.82) is 0 Å². The lowest BCUT2D eigenvalue weighted by Gasteiger charge is -2.17. The molecular weight excluding hydrogens is 428 g/mol. The van der Waals surface area contributed by atoms with Gasteiger partial charge in [0, 0.05) is 39.4 Å². The molecule has 2 heterocycles. The lowest BCUT2D eigenvalue weighted by atomic mass is 9.90. The topological polar surface area (TPSA) is 69.8 Å². The zero-order valence-electron chi connectivity index (χ0n) is 17.8. The predicted molar refractivity (Wildman–Crippen MR) is 130 cm³/mol. The molecule has 160 valence electrons. The van der Waals surface area contributed by atoms with Gasteiger partial charge in [-0.3, -0.25) is 10.2 Å². The number of nitrogens with one attached hydrogen (secondary N) is 3. The van der Waals surface area contributed by atoms with Gasteiger partial charge in [-0.05, 0) is 35.2 Å². The molecule has 0 saturated heterocycles. The van der Waals surface area contributed by atoms with Crippen LogP contribution in [0.4, 0.5) is 5.13 Å². The van der Waals surface area contributed by atoms with Gasteiger partial charge in [0.25, 0.3) is 5.56 Å². The number of halogens is 1. The zero-order valence-corrected chi connectivity index (χ0v) is 19.3. The van der Waals surface area contributed by atoms with E-state index < -0.39 is 0 Å². The van der Waals surface area contributed by atoms with Gasteiger partial charge in [0.1, 0.15) is 0 Å². The molecule has 0 saturated carbocycles. The summed E-state index contributed by atoms with van der Waals surface area (Å²) in [4.78, 5) is 21.6. The summed E-state index contributed by atoms with van der Waals surface area (Å²) < 4.78 is 0. The Balaban J connectivity index is 1.56. The van der Waals surface area contributed by atoms with Crippen LogP contribution in [0.2, 0.25) is 5.02 Å². The van der Waals surface area contributed by atoms with E-state index in [9.17, 15) is 4.79 Å². The number of H-pyrrole nitrogens is 1. The minimum Gasteiger partial charge on any atom is -0.322 e. The second-order valence-electron chi connectivity index (χ2n) is 8.54. The summed E-state index contributed by atoms with van der Waals surface area (Å²) in [6.07, 6.45) is 0.542. The summed E-state index contributed by atoms with van der Waals surface area (Å²) in [7, 11) is 0. The molecule has 0 fully saturated rings. The molecule has 0 aliphatic heterocycles. The van der Waals surface area contributed by atoms with E-state index in [1.165, 1.54) is 0 Å². The van der Waals surface area contributed by atoms with Crippen LogP contribution in [0.5, 0.6) is 0 Å². The summed E-state index contributed by atoms with van der Waals surface area (Å²) in [5.74, 6) is 0. The highest BCUT2D eigenvalue weighted by molar-refractivity contribution is 7.15. The van der Waals surface area contributed by atoms with Gasteiger partial charge in [0.05, 0.1) is 5.69 Å². The van der Waals surface area contributed by atoms with Crippen molar-refractivity contribution in [3.8, 4) is 0 Å². The number of rotatable bonds is 6. The Kier molecular flexibility index (Phi) is 6.14. The number of nitrogens with zero attached hydrogens (tertiary/aromatic N) is 1. The van der Waals surface area contributed by atoms with Gasteiger partial charge in [-0.15, -0.1) is 11.3 Å². The van der Waals surface area contributed by atoms with Crippen LogP contribution < -0.4 is 16.4 Å². The van der Waals surface area contributed by atoms with E-state index >= 15 is 0 Å². The van der Waals surface area contributed by atoms with Gasteiger partial charge in [0.2, 0.25) is 0 Å². The molecule has 0 unspecified atom stereocenters. The lowest BCUT2D eigenvalue weighted by molar-refractivity contribution is 0.567. The van der Waals surface area contributed by atoms with Crippen molar-refractivity contribution in [3.05, 3.63) is 91.7 Å². The Morgan fingerprint density at radius 1 is 1.10 bits per heavy atom. The summed E-state index contributed by atoms with van der Waals surface area (Å²) in [6.45, 7) is 7.03. The Hall–Kier alpha value is -2.67. The minimum atomic E-state index is -0.137. The van der Waals surface area contributed by atoms with Gasteiger partial charge >= 0.3 is 0 Å². The summed E-state index contributed by atoms with van der Waals surface area (Å²) in [5.41, 5.74) is 9.89. The molecular formula is C24H25ClN4OS. The number of pyridine rings is 1. The van der Waals surface area contributed by atoms with E-state index in [1.54, 1.807) is 11.3 Å². The van der Waals surface area contributed by atoms with Crippen molar-refractivity contribution in [2.75, 3.05) is 5.43 Å². The molecule has 4 rings (SSSR count). The number of hydrazine groups is 1. The number of benzene rings is 2. The molecule has 2 aromatic heterocycles. The fourth-order valence-corrected chi connectivity index (χ4v) is 4.86. The molecule has 0 spiro atoms. The van der Waals surface area contributed by atoms with Crippen LogP contribution in [0.25, 0.3) is 10.9 Å². The minimum absolute atomic E-state index is 0.0550. The second-order valence-corrected chi connectivity index (χ2v) is 10.1. The van der Waals surface area contributed by atoms with E-state index in [0.717, 1.165) is 37.7 Å². The highest BCUT2D eigenvalue weighted by Crippen LogP contribution is 2.33. The second kappa shape index (κ2) is 8.83. The van der Waals surface area contributed by atoms with Crippen LogP contribution in [0.1, 0.15) is 42.5 Å². The highest BCUT2D eigenvalue weighted by atomic mass is 35.5. The molecule has 0 bridgehead atoms. The quantitative estimate of drug-likeness (QED) is 0.331. The van der Waals surface area contributed by atoms with E-state index in [2.05, 4.69) is 36.6 Å². The molecule has 3 N–H and O–H groups in total. The van der Waals surface area contributed by atoms with Gasteiger partial charge in [0.15, 0.2) is 5.13 Å². The SMILES string of the molecule is CC(C)(C)c1nc(NNCc2cccc(Cl)c2)sc1Cc1cc2ccccc2[nH]c1=O. The smallest absolute Gasteiger partial charge is 0.251 e. The zero-order chi connectivity index (χ0) is 22.0. The fourth-order valence-electron chi connectivity index (χ4n) is 3.48. The van der Waals surface area contributed by atoms with E-state index in [-0.39, 0.29) is 11.0 Å². The van der Waals surface area contributed by atoms with Crippen LogP contribution in [-0.2, 0) is 18.4 Å². The fraction of sp³-hybridized carbons (Fsp3) is 0.250. The molecule has 2 aromatic carbocycles. The number of thiazole rings is 1. The molecule has 0 aliphatic rings. The number of hydrogen-bond donors (Lipinski definition) is 3. The first-order valence-corrected chi connectivity index (χ1v) is 11.3. The number of hydrogen-bond acceptors (Lipinski definition) is 5. The van der Waals surface area contributed by atoms with Crippen molar-refractivity contribution in [2.24, 2.45) is 0 Å². The van der Waals surface area contributed by atoms with Gasteiger partial charge in [-0.25, -0.2) is 10.4 Å². The largest absolute Gasteiger partial charge is 0.322 e. The van der Waals surface area contributed by atoms with Crippen LogP contribution in [0, 0.1) is 0 Å². The predicted octanol–water partition coefficient (Wildman–Crippen LogP) is 5.64. The van der Waals surface area contributed by atoms with Crippen molar-refractivity contribution in [2.45, 2.75) is 39.2 Å². The molecule has 31 heavy (non-hydrogen) atoms. The summed E-state index contributed by atoms with van der Waals surface area (Å²) >= 11 is 7.62. The first-order chi connectivity index (χ1) is 14.8. The normalized spacial score (nSPS) is 11.7. The lowest BCUT2D eigenvalue weighted by Crippen LogP contribution is -2.21. The maximum absolute atomic E-state index is 12.7. The number of para-hydroxylation sites is 1. The molecule has 5 nitrogen and oxygen atoms in total. The third-order valence-corrected chi connectivity index (χ3v) is 6.17. The van der Waals surface area contributed by atoms with Gasteiger partial charge in [-0.1, -0.05) is 62.7 Å². The molecule has 0 aliphatic carbocycles. The van der Waals surface area contributed by atoms with Crippen LogP contribution in [-0.4, -0.2) is 9.97 Å². The third kappa shape index (κ3) is 5.15. The third-order valence-electron chi connectivity index (χ3n) is 4.97. The van der Waals surface area contributed by atoms with Crippen molar-refractivity contribution in [1.82, 2.24) is 15.4 Å². The van der Waals surface area contributed by atoms with Crippen LogP contribution in [0.3, 0.4) is 0 Å². The Morgan fingerprint density at radius 3 is 2.68 bits per heavy atom. The van der Waals surface area contributed by atoms with E-state index in [0.29, 0.717) is 18.0 Å². The Labute approximate surface area is 190 Å². The maximum Gasteiger partial charge on any atom is 0.251 e. The summed E-state index contributed by atoms with van der Waals surface area (Å²) in [5, 5.41) is 2.52. The Bertz CT molecular complexity index is 1270. The first-order valence-electron chi connectivity index (χ1n) is 10.1. The average molecular weight is 453 g/mol.